The Morgan fingerprint density at radius 2 is 1.77 bits per heavy atom. The molecule has 2 bridgehead atoms. The third kappa shape index (κ3) is 4.87. The standard InChI is InChI=1S/C25H21F4N3O3/c26-18-2-1-3-19(11-18)30-24(34)31-12-15-10-17(14-31)23-21(8-9-22(33)32(23)13-15)16-4-6-20(7-5-16)35-25(27,28)29/h1-9,11,15,17H,10,12-14H2,(H,30,34)/t15-,17-/m1/s1. The molecule has 182 valence electrons. The highest BCUT2D eigenvalue weighted by Crippen LogP contribution is 2.40. The lowest BCUT2D eigenvalue weighted by atomic mass is 9.80. The summed E-state index contributed by atoms with van der Waals surface area (Å²) < 4.78 is 56.7. The number of likely N-dealkylation sites (tertiary alicyclic amines) is 1. The molecule has 2 atom stereocenters. The average molecular weight is 487 g/mol. The van der Waals surface area contributed by atoms with Gasteiger partial charge in [-0.25, -0.2) is 9.18 Å². The van der Waals surface area contributed by atoms with Crippen LogP contribution in [0.15, 0.2) is 65.5 Å². The van der Waals surface area contributed by atoms with Crippen molar-refractivity contribution in [1.29, 1.82) is 0 Å². The maximum Gasteiger partial charge on any atom is 0.573 e. The Hall–Kier alpha value is -3.82. The topological polar surface area (TPSA) is 63.6 Å². The number of nitrogens with one attached hydrogen (secondary N) is 1. The van der Waals surface area contributed by atoms with Crippen molar-refractivity contribution in [3.8, 4) is 16.9 Å². The van der Waals surface area contributed by atoms with Crippen molar-refractivity contribution in [2.75, 3.05) is 18.4 Å². The number of carbonyl (C=O) groups excluding carboxylic acids is 1. The molecule has 2 amide bonds. The van der Waals surface area contributed by atoms with Crippen molar-refractivity contribution < 1.29 is 27.1 Å². The van der Waals surface area contributed by atoms with Gasteiger partial charge in [0.15, 0.2) is 0 Å². The normalized spacial score (nSPS) is 19.1. The highest BCUT2D eigenvalue weighted by Gasteiger charge is 2.38. The maximum atomic E-state index is 13.5. The third-order valence-corrected chi connectivity index (χ3v) is 6.35. The molecular weight excluding hydrogens is 466 g/mol. The molecule has 2 aromatic carbocycles. The fraction of sp³-hybridized carbons (Fsp3) is 0.280. The first-order valence-corrected chi connectivity index (χ1v) is 11.1. The summed E-state index contributed by atoms with van der Waals surface area (Å²) in [6, 6.07) is 13.9. The van der Waals surface area contributed by atoms with Gasteiger partial charge >= 0.3 is 12.4 Å². The number of amides is 2. The van der Waals surface area contributed by atoms with Crippen LogP contribution in [0, 0.1) is 11.7 Å². The Morgan fingerprint density at radius 3 is 2.49 bits per heavy atom. The second kappa shape index (κ2) is 8.75. The quantitative estimate of drug-likeness (QED) is 0.517. The van der Waals surface area contributed by atoms with E-state index in [-0.39, 0.29) is 29.2 Å². The number of anilines is 1. The van der Waals surface area contributed by atoms with Gasteiger partial charge in [-0.15, -0.1) is 13.2 Å². The predicted octanol–water partition coefficient (Wildman–Crippen LogP) is 5.20. The zero-order valence-corrected chi connectivity index (χ0v) is 18.4. The lowest BCUT2D eigenvalue weighted by Crippen LogP contribution is -2.50. The summed E-state index contributed by atoms with van der Waals surface area (Å²) >= 11 is 0. The molecular formula is C25H21F4N3O3. The van der Waals surface area contributed by atoms with Crippen LogP contribution in [0.3, 0.4) is 0 Å². The molecule has 1 saturated heterocycles. The molecule has 6 nitrogen and oxygen atoms in total. The summed E-state index contributed by atoms with van der Waals surface area (Å²) in [5.74, 6) is -0.866. The average Bonchev–Trinajstić information content (AvgIpc) is 2.79. The Balaban J connectivity index is 1.43. The minimum Gasteiger partial charge on any atom is -0.406 e. The zero-order valence-electron chi connectivity index (χ0n) is 18.4. The van der Waals surface area contributed by atoms with Crippen molar-refractivity contribution in [2.24, 2.45) is 5.92 Å². The van der Waals surface area contributed by atoms with Gasteiger partial charge in [0.2, 0.25) is 0 Å². The molecule has 1 aromatic heterocycles. The van der Waals surface area contributed by atoms with Crippen LogP contribution in [-0.4, -0.2) is 34.9 Å². The van der Waals surface area contributed by atoms with Gasteiger partial charge < -0.3 is 19.5 Å². The van der Waals surface area contributed by atoms with Crippen LogP contribution in [0.5, 0.6) is 5.75 Å². The Bertz CT molecular complexity index is 1320. The summed E-state index contributed by atoms with van der Waals surface area (Å²) in [7, 11) is 0. The predicted molar refractivity (Wildman–Crippen MR) is 121 cm³/mol. The van der Waals surface area contributed by atoms with Gasteiger partial charge in [0.1, 0.15) is 11.6 Å². The molecule has 2 aliphatic rings. The molecule has 2 aliphatic heterocycles. The third-order valence-electron chi connectivity index (χ3n) is 6.35. The van der Waals surface area contributed by atoms with E-state index in [0.717, 1.165) is 17.7 Å². The number of urea groups is 1. The molecule has 5 rings (SSSR count). The maximum absolute atomic E-state index is 13.5. The fourth-order valence-corrected chi connectivity index (χ4v) is 5.03. The summed E-state index contributed by atoms with van der Waals surface area (Å²) in [4.78, 5) is 27.2. The number of carbonyl (C=O) groups is 1. The van der Waals surface area contributed by atoms with Crippen LogP contribution < -0.4 is 15.6 Å². The molecule has 10 heteroatoms. The Kier molecular flexibility index (Phi) is 5.74. The van der Waals surface area contributed by atoms with E-state index in [1.54, 1.807) is 21.6 Å². The van der Waals surface area contributed by atoms with E-state index < -0.39 is 12.2 Å². The van der Waals surface area contributed by atoms with Crippen molar-refractivity contribution in [3.05, 3.63) is 82.5 Å². The first kappa shape index (κ1) is 22.9. The minimum atomic E-state index is -4.78. The number of piperidine rings is 1. The van der Waals surface area contributed by atoms with Crippen LogP contribution in [0.25, 0.3) is 11.1 Å². The molecule has 0 radical (unpaired) electrons. The fourth-order valence-electron chi connectivity index (χ4n) is 5.03. The summed E-state index contributed by atoms with van der Waals surface area (Å²) in [6.45, 7) is 1.23. The number of benzene rings is 2. The van der Waals surface area contributed by atoms with Crippen molar-refractivity contribution in [1.82, 2.24) is 9.47 Å². The van der Waals surface area contributed by atoms with Crippen LogP contribution in [-0.2, 0) is 6.54 Å². The van der Waals surface area contributed by atoms with Gasteiger partial charge in [0.05, 0.1) is 0 Å². The van der Waals surface area contributed by atoms with E-state index >= 15 is 0 Å². The first-order valence-electron chi connectivity index (χ1n) is 11.1. The lowest BCUT2D eigenvalue weighted by Gasteiger charge is -2.43. The number of nitrogens with zero attached hydrogens (tertiary/aromatic N) is 2. The van der Waals surface area contributed by atoms with E-state index in [1.807, 2.05) is 0 Å². The van der Waals surface area contributed by atoms with Gasteiger partial charge in [0.25, 0.3) is 5.56 Å². The smallest absolute Gasteiger partial charge is 0.406 e. The lowest BCUT2D eigenvalue weighted by molar-refractivity contribution is -0.274. The van der Waals surface area contributed by atoms with Crippen LogP contribution in [0.4, 0.5) is 28.0 Å². The molecule has 1 fully saturated rings. The van der Waals surface area contributed by atoms with E-state index in [4.69, 9.17) is 0 Å². The van der Waals surface area contributed by atoms with Gasteiger partial charge in [-0.3, -0.25) is 4.79 Å². The Labute approximate surface area is 197 Å². The molecule has 0 spiro atoms. The van der Waals surface area contributed by atoms with Crippen molar-refractivity contribution >= 4 is 11.7 Å². The van der Waals surface area contributed by atoms with Crippen molar-refractivity contribution in [2.45, 2.75) is 25.2 Å². The number of hydrogen-bond acceptors (Lipinski definition) is 3. The molecule has 3 aromatic rings. The second-order valence-electron chi connectivity index (χ2n) is 8.80. The SMILES string of the molecule is O=C(Nc1cccc(F)c1)N1C[C@H]2C[C@H](C1)c1c(-c3ccc(OC(F)(F)F)cc3)ccc(=O)n1C2. The minimum absolute atomic E-state index is 0.0648. The number of rotatable bonds is 3. The van der Waals surface area contributed by atoms with E-state index in [9.17, 15) is 27.2 Å². The van der Waals surface area contributed by atoms with Gasteiger partial charge in [-0.1, -0.05) is 18.2 Å². The highest BCUT2D eigenvalue weighted by molar-refractivity contribution is 5.89. The van der Waals surface area contributed by atoms with E-state index in [0.29, 0.717) is 30.9 Å². The molecule has 35 heavy (non-hydrogen) atoms. The number of halogens is 4. The number of alkyl halides is 3. The van der Waals surface area contributed by atoms with E-state index in [2.05, 4.69) is 10.1 Å². The van der Waals surface area contributed by atoms with Crippen molar-refractivity contribution in [3.63, 3.8) is 0 Å². The summed E-state index contributed by atoms with van der Waals surface area (Å²) in [5, 5.41) is 2.72. The number of pyridine rings is 1. The van der Waals surface area contributed by atoms with Crippen LogP contribution in [0.1, 0.15) is 18.0 Å². The monoisotopic (exact) mass is 487 g/mol. The van der Waals surface area contributed by atoms with Crippen LogP contribution >= 0.6 is 0 Å². The molecule has 1 N–H and O–H groups in total. The number of aromatic nitrogens is 1. The number of hydrogen-bond donors (Lipinski definition) is 1. The Morgan fingerprint density at radius 1 is 1.00 bits per heavy atom. The van der Waals surface area contributed by atoms with Gasteiger partial charge in [-0.05, 0) is 54.3 Å². The van der Waals surface area contributed by atoms with Gasteiger partial charge in [0, 0.05) is 48.6 Å². The largest absolute Gasteiger partial charge is 0.573 e. The summed E-state index contributed by atoms with van der Waals surface area (Å²) in [5.41, 5.74) is 2.31. The molecule has 3 heterocycles. The number of ether oxygens (including phenoxy) is 1. The van der Waals surface area contributed by atoms with E-state index in [1.165, 1.54) is 48.5 Å². The number of fused-ring (bicyclic) bond motifs is 4. The highest BCUT2D eigenvalue weighted by atomic mass is 19.4. The molecule has 0 unspecified atom stereocenters. The summed E-state index contributed by atoms with van der Waals surface area (Å²) in [6.07, 6.45) is -4.01. The molecule has 0 saturated carbocycles. The molecule has 0 aliphatic carbocycles. The first-order chi connectivity index (χ1) is 16.7. The zero-order chi connectivity index (χ0) is 24.7. The van der Waals surface area contributed by atoms with Gasteiger partial charge in [-0.2, -0.15) is 0 Å². The van der Waals surface area contributed by atoms with Crippen LogP contribution in [0.2, 0.25) is 0 Å². The second-order valence-corrected chi connectivity index (χ2v) is 8.80.